The van der Waals surface area contributed by atoms with E-state index in [0.29, 0.717) is 0 Å². The fourth-order valence-electron chi connectivity index (χ4n) is 2.18. The Labute approximate surface area is 113 Å². The summed E-state index contributed by atoms with van der Waals surface area (Å²) in [6.45, 7) is 6.33. The van der Waals surface area contributed by atoms with Crippen LogP contribution in [0.2, 0.25) is 0 Å². The van der Waals surface area contributed by atoms with Gasteiger partial charge in [0.15, 0.2) is 0 Å². The van der Waals surface area contributed by atoms with Gasteiger partial charge in [0, 0.05) is 10.9 Å². The highest BCUT2D eigenvalue weighted by atomic mass is 79.9. The second-order valence-corrected chi connectivity index (χ2v) is 6.07. The highest BCUT2D eigenvalue weighted by Gasteiger charge is 2.34. The maximum Gasteiger partial charge on any atom is 0.246 e. The minimum absolute atomic E-state index is 0.00713. The van der Waals surface area contributed by atoms with E-state index in [9.17, 15) is 4.79 Å². The highest BCUT2D eigenvalue weighted by molar-refractivity contribution is 9.09. The van der Waals surface area contributed by atoms with Gasteiger partial charge in [-0.25, -0.2) is 0 Å². The molecule has 0 atom stereocenters. The molecule has 3 nitrogen and oxygen atoms in total. The molecule has 1 amide bonds. The molecule has 1 saturated carbocycles. The van der Waals surface area contributed by atoms with E-state index in [4.69, 9.17) is 4.74 Å². The van der Waals surface area contributed by atoms with Crippen molar-refractivity contribution in [3.05, 3.63) is 0 Å². The zero-order valence-corrected chi connectivity index (χ0v) is 12.7. The van der Waals surface area contributed by atoms with Crippen LogP contribution in [0.1, 0.15) is 46.5 Å². The first-order chi connectivity index (χ1) is 7.97. The van der Waals surface area contributed by atoms with Gasteiger partial charge in [-0.3, -0.25) is 4.79 Å². The number of carbonyl (C=O) groups excluding carboxylic acids is 1. The van der Waals surface area contributed by atoms with Gasteiger partial charge in [-0.1, -0.05) is 22.9 Å². The average molecular weight is 306 g/mol. The van der Waals surface area contributed by atoms with Crippen LogP contribution in [0.5, 0.6) is 0 Å². The standard InChI is InChI=1S/C13H24BrNO2/c1-10(2)17-8-12(16)15-13(9-14)6-4-11(3)5-7-13/h10-11H,4-9H2,1-3H3,(H,15,16). The summed E-state index contributed by atoms with van der Waals surface area (Å²) in [4.78, 5) is 11.8. The van der Waals surface area contributed by atoms with Crippen molar-refractivity contribution < 1.29 is 9.53 Å². The number of alkyl halides is 1. The Kier molecular flexibility index (Phi) is 5.93. The molecule has 0 radical (unpaired) electrons. The topological polar surface area (TPSA) is 38.3 Å². The molecule has 1 aliphatic rings. The molecule has 4 heteroatoms. The van der Waals surface area contributed by atoms with E-state index < -0.39 is 0 Å². The molecule has 0 spiro atoms. The third-order valence-electron chi connectivity index (χ3n) is 3.44. The molecule has 0 aromatic rings. The summed E-state index contributed by atoms with van der Waals surface area (Å²) in [6.07, 6.45) is 4.61. The summed E-state index contributed by atoms with van der Waals surface area (Å²) in [7, 11) is 0. The predicted octanol–water partition coefficient (Wildman–Crippen LogP) is 2.87. The van der Waals surface area contributed by atoms with Crippen LogP contribution in [0.3, 0.4) is 0 Å². The van der Waals surface area contributed by atoms with E-state index in [1.54, 1.807) is 0 Å². The Hall–Kier alpha value is -0.0900. The van der Waals surface area contributed by atoms with Crippen LogP contribution in [0.4, 0.5) is 0 Å². The van der Waals surface area contributed by atoms with Gasteiger partial charge in [-0.2, -0.15) is 0 Å². The van der Waals surface area contributed by atoms with Gasteiger partial charge in [-0.15, -0.1) is 0 Å². The lowest BCUT2D eigenvalue weighted by Crippen LogP contribution is -2.53. The fourth-order valence-corrected chi connectivity index (χ4v) is 2.88. The van der Waals surface area contributed by atoms with E-state index in [2.05, 4.69) is 28.2 Å². The van der Waals surface area contributed by atoms with Crippen LogP contribution < -0.4 is 5.32 Å². The highest BCUT2D eigenvalue weighted by Crippen LogP contribution is 2.33. The van der Waals surface area contributed by atoms with Crippen molar-refractivity contribution in [3.8, 4) is 0 Å². The minimum Gasteiger partial charge on any atom is -0.369 e. The van der Waals surface area contributed by atoms with Crippen LogP contribution in [-0.4, -0.2) is 29.5 Å². The SMILES string of the molecule is CC1CCC(CBr)(NC(=O)COC(C)C)CC1. The average Bonchev–Trinajstić information content (AvgIpc) is 2.30. The van der Waals surface area contributed by atoms with Crippen LogP contribution >= 0.6 is 15.9 Å². The monoisotopic (exact) mass is 305 g/mol. The van der Waals surface area contributed by atoms with Crippen molar-refractivity contribution in [2.75, 3.05) is 11.9 Å². The maximum atomic E-state index is 11.8. The number of ether oxygens (including phenoxy) is 1. The van der Waals surface area contributed by atoms with Crippen molar-refractivity contribution in [1.29, 1.82) is 0 Å². The van der Waals surface area contributed by atoms with E-state index in [1.807, 2.05) is 13.8 Å². The maximum absolute atomic E-state index is 11.8. The van der Waals surface area contributed by atoms with E-state index in [0.717, 1.165) is 24.1 Å². The van der Waals surface area contributed by atoms with Crippen molar-refractivity contribution in [2.45, 2.75) is 58.1 Å². The summed E-state index contributed by atoms with van der Waals surface area (Å²) in [5.41, 5.74) is -0.0517. The van der Waals surface area contributed by atoms with Crippen LogP contribution in [0.25, 0.3) is 0 Å². The number of amides is 1. The van der Waals surface area contributed by atoms with Crippen molar-refractivity contribution in [3.63, 3.8) is 0 Å². The molecular weight excluding hydrogens is 282 g/mol. The number of carbonyl (C=O) groups is 1. The third kappa shape index (κ3) is 4.96. The summed E-state index contributed by atoms with van der Waals surface area (Å²) in [5, 5.41) is 3.98. The second-order valence-electron chi connectivity index (χ2n) is 5.50. The van der Waals surface area contributed by atoms with Crippen molar-refractivity contribution in [2.24, 2.45) is 5.92 Å². The molecule has 0 aromatic heterocycles. The van der Waals surface area contributed by atoms with Gasteiger partial charge in [-0.05, 0) is 45.4 Å². The molecule has 0 heterocycles. The predicted molar refractivity (Wildman–Crippen MR) is 73.4 cm³/mol. The van der Waals surface area contributed by atoms with Gasteiger partial charge in [0.25, 0.3) is 0 Å². The number of nitrogens with one attached hydrogen (secondary N) is 1. The summed E-state index contributed by atoms with van der Waals surface area (Å²) in [6, 6.07) is 0. The Morgan fingerprint density at radius 3 is 2.53 bits per heavy atom. The molecule has 1 aliphatic carbocycles. The first-order valence-corrected chi connectivity index (χ1v) is 7.58. The van der Waals surface area contributed by atoms with Crippen LogP contribution in [0, 0.1) is 5.92 Å². The quantitative estimate of drug-likeness (QED) is 0.793. The smallest absolute Gasteiger partial charge is 0.246 e. The van der Waals surface area contributed by atoms with Gasteiger partial charge in [0.2, 0.25) is 5.91 Å². The fraction of sp³-hybridized carbons (Fsp3) is 0.923. The largest absolute Gasteiger partial charge is 0.369 e. The Morgan fingerprint density at radius 1 is 1.47 bits per heavy atom. The molecule has 100 valence electrons. The minimum atomic E-state index is -0.0517. The summed E-state index contributed by atoms with van der Waals surface area (Å²) >= 11 is 3.54. The van der Waals surface area contributed by atoms with Crippen molar-refractivity contribution in [1.82, 2.24) is 5.32 Å². The Bertz CT molecular complexity index is 248. The van der Waals surface area contributed by atoms with Gasteiger partial charge >= 0.3 is 0 Å². The van der Waals surface area contributed by atoms with Gasteiger partial charge in [0.05, 0.1) is 6.10 Å². The van der Waals surface area contributed by atoms with E-state index in [-0.39, 0.29) is 24.2 Å². The second kappa shape index (κ2) is 6.74. The molecule has 0 bridgehead atoms. The van der Waals surface area contributed by atoms with Crippen LogP contribution in [-0.2, 0) is 9.53 Å². The lowest BCUT2D eigenvalue weighted by Gasteiger charge is -2.39. The molecule has 1 N–H and O–H groups in total. The summed E-state index contributed by atoms with van der Waals surface area (Å²) in [5.74, 6) is 0.790. The van der Waals surface area contributed by atoms with E-state index >= 15 is 0 Å². The molecular formula is C13H24BrNO2. The Morgan fingerprint density at radius 2 is 2.06 bits per heavy atom. The zero-order valence-electron chi connectivity index (χ0n) is 11.1. The third-order valence-corrected chi connectivity index (χ3v) is 4.51. The molecule has 17 heavy (non-hydrogen) atoms. The number of rotatable bonds is 5. The van der Waals surface area contributed by atoms with Gasteiger partial charge in [0.1, 0.15) is 6.61 Å². The van der Waals surface area contributed by atoms with E-state index in [1.165, 1.54) is 12.8 Å². The number of halogens is 1. The first kappa shape index (κ1) is 15.0. The van der Waals surface area contributed by atoms with Gasteiger partial charge < -0.3 is 10.1 Å². The van der Waals surface area contributed by atoms with Crippen LogP contribution in [0.15, 0.2) is 0 Å². The normalized spacial score (nSPS) is 29.4. The first-order valence-electron chi connectivity index (χ1n) is 6.46. The number of hydrogen-bond donors (Lipinski definition) is 1. The Balaban J connectivity index is 2.43. The molecule has 0 unspecified atom stereocenters. The molecule has 0 aliphatic heterocycles. The molecule has 0 aromatic carbocycles. The summed E-state index contributed by atoms with van der Waals surface area (Å²) < 4.78 is 5.33. The molecule has 0 saturated heterocycles. The molecule has 1 rings (SSSR count). The lowest BCUT2D eigenvalue weighted by molar-refractivity contribution is -0.129. The van der Waals surface area contributed by atoms with Crippen molar-refractivity contribution >= 4 is 21.8 Å². The lowest BCUT2D eigenvalue weighted by atomic mass is 9.78. The molecule has 1 fully saturated rings. The number of hydrogen-bond acceptors (Lipinski definition) is 2. The zero-order chi connectivity index (χ0) is 12.9.